The smallest absolute Gasteiger partial charge is 0.245 e. The Labute approximate surface area is 145 Å². The molecule has 6 nitrogen and oxygen atoms in total. The quantitative estimate of drug-likeness (QED) is 0.688. The van der Waals surface area contributed by atoms with Crippen molar-refractivity contribution in [2.75, 3.05) is 20.1 Å². The molecule has 1 saturated carbocycles. The maximum Gasteiger partial charge on any atom is 0.245 e. The fraction of sp³-hybridized carbons (Fsp3) is 0.889. The van der Waals surface area contributed by atoms with Crippen molar-refractivity contribution in [2.24, 2.45) is 5.92 Å². The van der Waals surface area contributed by atoms with Crippen molar-refractivity contribution in [3.8, 4) is 0 Å². The number of likely N-dealkylation sites (tertiary alicyclic amines) is 1. The zero-order valence-electron chi connectivity index (χ0n) is 15.0. The van der Waals surface area contributed by atoms with Crippen LogP contribution in [0.3, 0.4) is 0 Å². The van der Waals surface area contributed by atoms with E-state index in [-0.39, 0.29) is 29.8 Å². The van der Waals surface area contributed by atoms with Gasteiger partial charge in [0.05, 0.1) is 6.04 Å². The van der Waals surface area contributed by atoms with Gasteiger partial charge in [-0.05, 0) is 52.1 Å². The van der Waals surface area contributed by atoms with Crippen LogP contribution in [-0.4, -0.2) is 61.0 Å². The largest absolute Gasteiger partial charge is 0.343 e. The van der Waals surface area contributed by atoms with Crippen LogP contribution >= 0.6 is 0 Å². The maximum atomic E-state index is 13.3. The zero-order chi connectivity index (χ0) is 17.1. The molecule has 24 heavy (non-hydrogen) atoms. The molecule has 1 aliphatic carbocycles. The summed E-state index contributed by atoms with van der Waals surface area (Å²) in [4.78, 5) is 27.8. The average molecular weight is 336 g/mol. The monoisotopic (exact) mass is 336 g/mol. The molecular formula is C18H32N4O2. The lowest BCUT2D eigenvalue weighted by atomic mass is 9.83. The first kappa shape index (κ1) is 17.7. The highest BCUT2D eigenvalue weighted by molar-refractivity contribution is 5.90. The molecule has 0 spiro atoms. The van der Waals surface area contributed by atoms with Crippen LogP contribution in [0.2, 0.25) is 0 Å². The van der Waals surface area contributed by atoms with E-state index in [1.165, 1.54) is 19.3 Å². The molecule has 0 aromatic carbocycles. The second kappa shape index (κ2) is 7.83. The molecule has 136 valence electrons. The predicted molar refractivity (Wildman–Crippen MR) is 93.6 cm³/mol. The summed E-state index contributed by atoms with van der Waals surface area (Å²) in [5.41, 5.74) is 0. The molecule has 2 amide bonds. The van der Waals surface area contributed by atoms with Crippen molar-refractivity contribution in [2.45, 2.75) is 76.0 Å². The van der Waals surface area contributed by atoms with Gasteiger partial charge in [0.25, 0.3) is 0 Å². The Balaban J connectivity index is 1.72. The van der Waals surface area contributed by atoms with Crippen LogP contribution in [-0.2, 0) is 9.59 Å². The van der Waals surface area contributed by atoms with E-state index in [1.807, 2.05) is 11.8 Å². The van der Waals surface area contributed by atoms with Crippen LogP contribution < -0.4 is 16.0 Å². The number of hydrogen-bond acceptors (Lipinski definition) is 4. The summed E-state index contributed by atoms with van der Waals surface area (Å²) >= 11 is 0. The molecule has 2 heterocycles. The summed E-state index contributed by atoms with van der Waals surface area (Å²) in [7, 11) is 1.77. The van der Waals surface area contributed by atoms with Gasteiger partial charge in [-0.25, -0.2) is 0 Å². The molecular weight excluding hydrogens is 304 g/mol. The first-order valence-corrected chi connectivity index (χ1v) is 9.63. The summed E-state index contributed by atoms with van der Waals surface area (Å²) in [5.74, 6) is 0.365. The topological polar surface area (TPSA) is 73.5 Å². The number of fused-ring (bicyclic) bond motifs is 1. The van der Waals surface area contributed by atoms with Crippen LogP contribution in [0.25, 0.3) is 0 Å². The second-order valence-electron chi connectivity index (χ2n) is 7.63. The third-order valence-corrected chi connectivity index (χ3v) is 6.19. The van der Waals surface area contributed by atoms with Gasteiger partial charge < -0.3 is 20.9 Å². The molecule has 3 rings (SSSR count). The highest BCUT2D eigenvalue weighted by Gasteiger charge is 2.43. The molecule has 0 aromatic rings. The number of amides is 2. The van der Waals surface area contributed by atoms with Crippen molar-refractivity contribution in [3.05, 3.63) is 0 Å². The minimum absolute atomic E-state index is 0.0679. The molecule has 6 heteroatoms. The SMILES string of the molecule is CN[C@@H](C)C(=O)N[C@H](C(=O)N1CC[C@H]2NCC[C@H]21)C1CCCCC1. The average Bonchev–Trinajstić information content (AvgIpc) is 3.22. The van der Waals surface area contributed by atoms with E-state index in [4.69, 9.17) is 0 Å². The number of carbonyl (C=O) groups excluding carboxylic acids is 2. The first-order chi connectivity index (χ1) is 11.6. The van der Waals surface area contributed by atoms with Gasteiger partial charge >= 0.3 is 0 Å². The van der Waals surface area contributed by atoms with E-state index in [0.717, 1.165) is 38.8 Å². The standard InChI is InChI=1S/C18H32N4O2/c1-12(19-2)17(23)21-16(13-6-4-3-5-7-13)18(24)22-11-9-14-15(22)8-10-20-14/h12-16,19-20H,3-11H2,1-2H3,(H,21,23)/t12-,14+,15+,16-/m0/s1. The number of nitrogens with one attached hydrogen (secondary N) is 3. The molecule has 3 fully saturated rings. The Hall–Kier alpha value is -1.14. The Bertz CT molecular complexity index is 464. The normalized spacial score (nSPS) is 30.0. The molecule has 0 bridgehead atoms. The fourth-order valence-corrected chi connectivity index (χ4v) is 4.58. The van der Waals surface area contributed by atoms with Crippen molar-refractivity contribution in [1.82, 2.24) is 20.9 Å². The van der Waals surface area contributed by atoms with Gasteiger partial charge in [0.1, 0.15) is 6.04 Å². The summed E-state index contributed by atoms with van der Waals surface area (Å²) in [6.07, 6.45) is 7.74. The molecule has 2 saturated heterocycles. The van der Waals surface area contributed by atoms with Crippen LogP contribution in [0.1, 0.15) is 51.9 Å². The first-order valence-electron chi connectivity index (χ1n) is 9.63. The number of likely N-dealkylation sites (N-methyl/N-ethyl adjacent to an activating group) is 1. The summed E-state index contributed by atoms with van der Waals surface area (Å²) in [6, 6.07) is 0.145. The lowest BCUT2D eigenvalue weighted by Gasteiger charge is -2.35. The van der Waals surface area contributed by atoms with E-state index >= 15 is 0 Å². The highest BCUT2D eigenvalue weighted by Crippen LogP contribution is 2.31. The second-order valence-corrected chi connectivity index (χ2v) is 7.63. The number of rotatable bonds is 5. The number of nitrogens with zero attached hydrogens (tertiary/aromatic N) is 1. The molecule has 2 aliphatic heterocycles. The van der Waals surface area contributed by atoms with E-state index in [1.54, 1.807) is 7.05 Å². The van der Waals surface area contributed by atoms with Crippen LogP contribution in [0, 0.1) is 5.92 Å². The zero-order valence-corrected chi connectivity index (χ0v) is 15.0. The molecule has 0 radical (unpaired) electrons. The van der Waals surface area contributed by atoms with Crippen LogP contribution in [0.4, 0.5) is 0 Å². The van der Waals surface area contributed by atoms with Crippen molar-refractivity contribution < 1.29 is 9.59 Å². The van der Waals surface area contributed by atoms with E-state index in [2.05, 4.69) is 16.0 Å². The number of carbonyl (C=O) groups is 2. The Morgan fingerprint density at radius 3 is 2.58 bits per heavy atom. The van der Waals surface area contributed by atoms with Crippen LogP contribution in [0.5, 0.6) is 0 Å². The molecule has 4 atom stereocenters. The molecule has 3 N–H and O–H groups in total. The summed E-state index contributed by atoms with van der Waals surface area (Å²) in [5, 5.41) is 9.55. The highest BCUT2D eigenvalue weighted by atomic mass is 16.2. The maximum absolute atomic E-state index is 13.3. The number of hydrogen-bond donors (Lipinski definition) is 3. The molecule has 0 aromatic heterocycles. The van der Waals surface area contributed by atoms with Gasteiger partial charge in [-0.1, -0.05) is 19.3 Å². The Kier molecular flexibility index (Phi) is 5.76. The van der Waals surface area contributed by atoms with Gasteiger partial charge in [-0.3, -0.25) is 9.59 Å². The molecule has 3 aliphatic rings. The van der Waals surface area contributed by atoms with Gasteiger partial charge in [0, 0.05) is 18.6 Å². The summed E-state index contributed by atoms with van der Waals surface area (Å²) < 4.78 is 0. The minimum Gasteiger partial charge on any atom is -0.343 e. The van der Waals surface area contributed by atoms with Gasteiger partial charge in [-0.2, -0.15) is 0 Å². The van der Waals surface area contributed by atoms with Gasteiger partial charge in [-0.15, -0.1) is 0 Å². The van der Waals surface area contributed by atoms with Gasteiger partial charge in [0.2, 0.25) is 11.8 Å². The van der Waals surface area contributed by atoms with Crippen molar-refractivity contribution in [1.29, 1.82) is 0 Å². The predicted octanol–water partition coefficient (Wildman–Crippen LogP) is 0.622. The molecule has 0 unspecified atom stereocenters. The lowest BCUT2D eigenvalue weighted by molar-refractivity contribution is -0.139. The van der Waals surface area contributed by atoms with E-state index in [0.29, 0.717) is 12.1 Å². The van der Waals surface area contributed by atoms with Crippen molar-refractivity contribution in [3.63, 3.8) is 0 Å². The third kappa shape index (κ3) is 3.59. The van der Waals surface area contributed by atoms with Crippen LogP contribution in [0.15, 0.2) is 0 Å². The van der Waals surface area contributed by atoms with Crippen molar-refractivity contribution >= 4 is 11.8 Å². The Morgan fingerprint density at radius 1 is 1.12 bits per heavy atom. The third-order valence-electron chi connectivity index (χ3n) is 6.19. The lowest BCUT2D eigenvalue weighted by Crippen LogP contribution is -2.56. The summed E-state index contributed by atoms with van der Waals surface area (Å²) in [6.45, 7) is 3.66. The van der Waals surface area contributed by atoms with E-state index in [9.17, 15) is 9.59 Å². The Morgan fingerprint density at radius 2 is 1.88 bits per heavy atom. The minimum atomic E-state index is -0.354. The van der Waals surface area contributed by atoms with E-state index < -0.39 is 0 Å². The van der Waals surface area contributed by atoms with Gasteiger partial charge in [0.15, 0.2) is 0 Å². The fourth-order valence-electron chi connectivity index (χ4n) is 4.58.